The van der Waals surface area contributed by atoms with E-state index in [0.29, 0.717) is 36.3 Å². The summed E-state index contributed by atoms with van der Waals surface area (Å²) >= 11 is 0. The van der Waals surface area contributed by atoms with Crippen molar-refractivity contribution in [2.75, 3.05) is 14.2 Å². The zero-order chi connectivity index (χ0) is 16.3. The van der Waals surface area contributed by atoms with Crippen LogP contribution < -0.4 is 0 Å². The Morgan fingerprint density at radius 1 is 1.50 bits per heavy atom. The number of rotatable bonds is 7. The van der Waals surface area contributed by atoms with Crippen molar-refractivity contribution in [1.82, 2.24) is 15.0 Å². The van der Waals surface area contributed by atoms with Crippen molar-refractivity contribution in [2.45, 2.75) is 33.0 Å². The van der Waals surface area contributed by atoms with E-state index in [-0.39, 0.29) is 11.7 Å². The maximum absolute atomic E-state index is 11.0. The van der Waals surface area contributed by atoms with Crippen LogP contribution in [-0.2, 0) is 17.8 Å². The van der Waals surface area contributed by atoms with Crippen molar-refractivity contribution >= 4 is 5.97 Å². The first-order chi connectivity index (χ1) is 10.4. The highest BCUT2D eigenvalue weighted by Gasteiger charge is 2.17. The van der Waals surface area contributed by atoms with E-state index in [1.54, 1.807) is 14.0 Å². The van der Waals surface area contributed by atoms with Crippen LogP contribution in [0, 0.1) is 6.92 Å². The van der Waals surface area contributed by atoms with Crippen LogP contribution >= 0.6 is 0 Å². The van der Waals surface area contributed by atoms with E-state index in [2.05, 4.69) is 10.1 Å². The Labute approximate surface area is 127 Å². The summed E-state index contributed by atoms with van der Waals surface area (Å²) in [6, 6.07) is 1.53. The number of methoxy groups -OCH3 is 1. The zero-order valence-electron chi connectivity index (χ0n) is 13.0. The van der Waals surface area contributed by atoms with Gasteiger partial charge in [-0.05, 0) is 27.0 Å². The van der Waals surface area contributed by atoms with Crippen molar-refractivity contribution in [1.29, 1.82) is 0 Å². The zero-order valence-corrected chi connectivity index (χ0v) is 13.0. The first-order valence-electron chi connectivity index (χ1n) is 6.77. The van der Waals surface area contributed by atoms with Gasteiger partial charge in [0.15, 0.2) is 5.82 Å². The number of nitrogens with zero attached hydrogens (tertiary/aromatic N) is 3. The summed E-state index contributed by atoms with van der Waals surface area (Å²) in [6.45, 7) is 4.32. The number of hydrogen-bond acceptors (Lipinski definition) is 7. The molecular weight excluding hydrogens is 290 g/mol. The lowest BCUT2D eigenvalue weighted by atomic mass is 10.2. The van der Waals surface area contributed by atoms with Crippen LogP contribution in [0.15, 0.2) is 15.0 Å². The number of furan rings is 1. The summed E-state index contributed by atoms with van der Waals surface area (Å²) in [6.07, 6.45) is -0.228. The molecule has 2 heterocycles. The fourth-order valence-corrected chi connectivity index (χ4v) is 1.99. The minimum Gasteiger partial charge on any atom is -0.478 e. The van der Waals surface area contributed by atoms with Gasteiger partial charge < -0.3 is 18.8 Å². The van der Waals surface area contributed by atoms with Gasteiger partial charge in [0.2, 0.25) is 5.89 Å². The van der Waals surface area contributed by atoms with Crippen molar-refractivity contribution in [3.8, 4) is 0 Å². The van der Waals surface area contributed by atoms with Crippen LogP contribution in [0.4, 0.5) is 0 Å². The van der Waals surface area contributed by atoms with E-state index in [0.717, 1.165) is 0 Å². The van der Waals surface area contributed by atoms with E-state index in [1.165, 1.54) is 6.07 Å². The van der Waals surface area contributed by atoms with E-state index < -0.39 is 5.97 Å². The van der Waals surface area contributed by atoms with E-state index in [9.17, 15) is 4.79 Å². The highest BCUT2D eigenvalue weighted by atomic mass is 16.5. The Hall–Kier alpha value is -2.19. The molecule has 0 saturated heterocycles. The first kappa shape index (κ1) is 16.2. The summed E-state index contributed by atoms with van der Waals surface area (Å²) in [7, 11) is 3.42. The molecule has 0 amide bonds. The predicted molar refractivity (Wildman–Crippen MR) is 75.3 cm³/mol. The topological polar surface area (TPSA) is 102 Å². The summed E-state index contributed by atoms with van der Waals surface area (Å²) in [5.74, 6) is 0.925. The maximum atomic E-state index is 11.0. The number of carbonyl (C=O) groups is 1. The average molecular weight is 309 g/mol. The Balaban J connectivity index is 1.98. The number of carboxylic acid groups (broad SMARTS) is 1. The summed E-state index contributed by atoms with van der Waals surface area (Å²) < 4.78 is 15.7. The molecule has 1 atom stereocenters. The second-order valence-electron chi connectivity index (χ2n) is 5.08. The van der Waals surface area contributed by atoms with Crippen molar-refractivity contribution in [3.63, 3.8) is 0 Å². The lowest BCUT2D eigenvalue weighted by Crippen LogP contribution is -2.17. The SMILES string of the molecule is COC(C)c1noc(CN(C)Cc2cc(C(=O)O)c(C)o2)n1. The molecule has 120 valence electrons. The fourth-order valence-electron chi connectivity index (χ4n) is 1.99. The first-order valence-corrected chi connectivity index (χ1v) is 6.77. The molecule has 1 unspecified atom stereocenters. The van der Waals surface area contributed by atoms with Crippen LogP contribution in [-0.4, -0.2) is 40.3 Å². The van der Waals surface area contributed by atoms with E-state index >= 15 is 0 Å². The van der Waals surface area contributed by atoms with Crippen LogP contribution in [0.3, 0.4) is 0 Å². The Kier molecular flexibility index (Phi) is 4.94. The standard InChI is InChI=1S/C14H19N3O5/c1-8-11(14(18)19)5-10(21-8)6-17(3)7-12-15-13(16-22-12)9(2)20-4/h5,9H,6-7H2,1-4H3,(H,18,19). The number of ether oxygens (including phenoxy) is 1. The lowest BCUT2D eigenvalue weighted by Gasteiger charge is -2.11. The largest absolute Gasteiger partial charge is 0.478 e. The highest BCUT2D eigenvalue weighted by molar-refractivity contribution is 5.88. The molecule has 8 nitrogen and oxygen atoms in total. The van der Waals surface area contributed by atoms with Gasteiger partial charge >= 0.3 is 5.97 Å². The Morgan fingerprint density at radius 2 is 2.23 bits per heavy atom. The fraction of sp³-hybridized carbons (Fsp3) is 0.500. The summed E-state index contributed by atoms with van der Waals surface area (Å²) in [4.78, 5) is 17.1. The minimum atomic E-state index is -0.995. The maximum Gasteiger partial charge on any atom is 0.339 e. The van der Waals surface area contributed by atoms with Gasteiger partial charge in [-0.1, -0.05) is 5.16 Å². The number of hydrogen-bond donors (Lipinski definition) is 1. The molecule has 2 rings (SSSR count). The Bertz CT molecular complexity index is 649. The summed E-state index contributed by atoms with van der Waals surface area (Å²) in [5, 5.41) is 12.9. The van der Waals surface area contributed by atoms with Gasteiger partial charge in [0.05, 0.1) is 13.1 Å². The molecule has 0 radical (unpaired) electrons. The molecule has 2 aromatic rings. The molecule has 0 aromatic carbocycles. The quantitative estimate of drug-likeness (QED) is 0.828. The van der Waals surface area contributed by atoms with Crippen molar-refractivity contribution in [3.05, 3.63) is 34.9 Å². The molecule has 8 heteroatoms. The molecular formula is C14H19N3O5. The average Bonchev–Trinajstić information content (AvgIpc) is 3.04. The number of aromatic carboxylic acids is 1. The van der Waals surface area contributed by atoms with Crippen LogP contribution in [0.5, 0.6) is 0 Å². The number of aromatic nitrogens is 2. The van der Waals surface area contributed by atoms with Gasteiger partial charge in [-0.3, -0.25) is 4.90 Å². The summed E-state index contributed by atoms with van der Waals surface area (Å²) in [5.41, 5.74) is 0.178. The van der Waals surface area contributed by atoms with Gasteiger partial charge in [-0.25, -0.2) is 4.79 Å². The molecule has 0 aliphatic rings. The normalized spacial score (nSPS) is 12.8. The van der Waals surface area contributed by atoms with Gasteiger partial charge in [0.25, 0.3) is 0 Å². The van der Waals surface area contributed by atoms with Crippen molar-refractivity contribution in [2.24, 2.45) is 0 Å². The molecule has 0 aliphatic carbocycles. The molecule has 0 saturated carbocycles. The van der Waals surface area contributed by atoms with Crippen LogP contribution in [0.2, 0.25) is 0 Å². The van der Waals surface area contributed by atoms with Crippen molar-refractivity contribution < 1.29 is 23.6 Å². The van der Waals surface area contributed by atoms with Crippen LogP contribution in [0.1, 0.15) is 46.6 Å². The van der Waals surface area contributed by atoms with Gasteiger partial charge in [0.1, 0.15) is 23.2 Å². The molecule has 22 heavy (non-hydrogen) atoms. The third-order valence-corrected chi connectivity index (χ3v) is 3.23. The van der Waals surface area contributed by atoms with E-state index in [4.69, 9.17) is 18.8 Å². The van der Waals surface area contributed by atoms with Crippen LogP contribution in [0.25, 0.3) is 0 Å². The predicted octanol–water partition coefficient (Wildman–Crippen LogP) is 2.01. The lowest BCUT2D eigenvalue weighted by molar-refractivity contribution is 0.0695. The molecule has 2 aromatic heterocycles. The van der Waals surface area contributed by atoms with E-state index in [1.807, 2.05) is 18.9 Å². The Morgan fingerprint density at radius 3 is 2.82 bits per heavy atom. The third kappa shape index (κ3) is 3.71. The molecule has 0 aliphatic heterocycles. The minimum absolute atomic E-state index is 0.178. The molecule has 0 bridgehead atoms. The number of carboxylic acids is 1. The third-order valence-electron chi connectivity index (χ3n) is 3.23. The van der Waals surface area contributed by atoms with Gasteiger partial charge in [-0.15, -0.1) is 0 Å². The second-order valence-corrected chi connectivity index (χ2v) is 5.08. The molecule has 1 N–H and O–H groups in total. The van der Waals surface area contributed by atoms with Gasteiger partial charge in [-0.2, -0.15) is 4.98 Å². The molecule has 0 fully saturated rings. The van der Waals surface area contributed by atoms with Gasteiger partial charge in [0, 0.05) is 7.11 Å². The molecule has 0 spiro atoms. The monoisotopic (exact) mass is 309 g/mol. The highest BCUT2D eigenvalue weighted by Crippen LogP contribution is 2.17. The second kappa shape index (κ2) is 6.71. The smallest absolute Gasteiger partial charge is 0.339 e. The number of aryl methyl sites for hydroxylation is 1.